The van der Waals surface area contributed by atoms with Crippen LogP contribution in [0.4, 0.5) is 8.78 Å². The number of amides is 2. The number of nitrogens with zero attached hydrogens (tertiary/aromatic N) is 3. The topological polar surface area (TPSA) is 71.4 Å². The maximum Gasteiger partial charge on any atom is 0.262 e. The van der Waals surface area contributed by atoms with Crippen LogP contribution in [-0.4, -0.2) is 61.4 Å². The zero-order valence-corrected chi connectivity index (χ0v) is 20.6. The second-order valence-corrected chi connectivity index (χ2v) is 8.49. The number of hydrogen-bond acceptors (Lipinski definition) is 5. The first-order valence-corrected chi connectivity index (χ1v) is 11.7. The number of benzene rings is 3. The van der Waals surface area contributed by atoms with Gasteiger partial charge in [0.2, 0.25) is 0 Å². The maximum atomic E-state index is 14.8. The third-order valence-electron chi connectivity index (χ3n) is 6.08. The van der Waals surface area contributed by atoms with Crippen LogP contribution in [0.1, 0.15) is 33.9 Å². The monoisotopic (exact) mass is 507 g/mol. The lowest BCUT2D eigenvalue weighted by Gasteiger charge is -2.27. The van der Waals surface area contributed by atoms with Gasteiger partial charge in [0.15, 0.2) is 0 Å². The highest BCUT2D eigenvalue weighted by molar-refractivity contribution is 6.04. The molecule has 3 aromatic carbocycles. The average Bonchev–Trinajstić information content (AvgIpc) is 3.36. The largest absolute Gasteiger partial charge is 0.497 e. The van der Waals surface area contributed by atoms with Crippen LogP contribution in [-0.2, 0) is 9.53 Å². The molecule has 1 unspecified atom stereocenters. The summed E-state index contributed by atoms with van der Waals surface area (Å²) in [6.45, 7) is -0.0792. The van der Waals surface area contributed by atoms with Gasteiger partial charge in [-0.1, -0.05) is 36.4 Å². The molecule has 0 radical (unpaired) electrons. The number of methoxy groups -OCH3 is 2. The third kappa shape index (κ3) is 6.00. The Labute approximate surface area is 213 Å². The predicted octanol–water partition coefficient (Wildman–Crippen LogP) is 4.44. The highest BCUT2D eigenvalue weighted by Gasteiger charge is 2.36. The molecule has 0 saturated heterocycles. The molecule has 7 nitrogen and oxygen atoms in total. The number of carbonyl (C=O) groups is 2. The first-order valence-electron chi connectivity index (χ1n) is 11.7. The Balaban J connectivity index is 1.65. The summed E-state index contributed by atoms with van der Waals surface area (Å²) < 4.78 is 39.0. The summed E-state index contributed by atoms with van der Waals surface area (Å²) in [5, 5.41) is 5.79. The highest BCUT2D eigenvalue weighted by Crippen LogP contribution is 2.34. The molecule has 0 N–H and O–H groups in total. The average molecular weight is 508 g/mol. The molecule has 0 spiro atoms. The fourth-order valence-corrected chi connectivity index (χ4v) is 4.20. The number of halogens is 2. The van der Waals surface area contributed by atoms with Crippen LogP contribution < -0.4 is 4.74 Å². The van der Waals surface area contributed by atoms with Crippen molar-refractivity contribution >= 4 is 17.5 Å². The van der Waals surface area contributed by atoms with Crippen molar-refractivity contribution in [2.45, 2.75) is 12.5 Å². The van der Waals surface area contributed by atoms with E-state index in [9.17, 15) is 18.4 Å². The van der Waals surface area contributed by atoms with Crippen molar-refractivity contribution < 1.29 is 27.8 Å². The zero-order valence-electron chi connectivity index (χ0n) is 20.6. The van der Waals surface area contributed by atoms with Gasteiger partial charge >= 0.3 is 0 Å². The van der Waals surface area contributed by atoms with Crippen molar-refractivity contribution in [3.05, 3.63) is 101 Å². The Hall–Kier alpha value is -4.11. The van der Waals surface area contributed by atoms with E-state index in [1.807, 2.05) is 12.1 Å². The van der Waals surface area contributed by atoms with E-state index < -0.39 is 29.5 Å². The number of hydrogen-bond donors (Lipinski definition) is 0. The van der Waals surface area contributed by atoms with Gasteiger partial charge in [-0.05, 0) is 36.4 Å². The molecular formula is C28H27F2N3O4. The molecule has 1 atom stereocenters. The van der Waals surface area contributed by atoms with Gasteiger partial charge in [0, 0.05) is 36.8 Å². The van der Waals surface area contributed by atoms with Crippen molar-refractivity contribution in [3.63, 3.8) is 0 Å². The van der Waals surface area contributed by atoms with Crippen molar-refractivity contribution in [3.8, 4) is 5.75 Å². The molecule has 1 aliphatic rings. The lowest BCUT2D eigenvalue weighted by molar-refractivity contribution is -0.133. The quantitative estimate of drug-likeness (QED) is 0.429. The Morgan fingerprint density at radius 3 is 2.54 bits per heavy atom. The maximum absolute atomic E-state index is 14.8. The van der Waals surface area contributed by atoms with Gasteiger partial charge in [0.25, 0.3) is 11.8 Å². The minimum atomic E-state index is -0.705. The zero-order chi connectivity index (χ0) is 26.4. The molecule has 0 aromatic heterocycles. The SMILES string of the molecule is COCCN(CC(=O)N1N=C(c2cccc(OC)c2)CC1c1ccccc1F)C(=O)c1cccc(F)c1. The van der Waals surface area contributed by atoms with E-state index in [0.29, 0.717) is 17.0 Å². The van der Waals surface area contributed by atoms with Crippen molar-refractivity contribution in [2.75, 3.05) is 33.9 Å². The van der Waals surface area contributed by atoms with Gasteiger partial charge in [-0.2, -0.15) is 5.10 Å². The summed E-state index contributed by atoms with van der Waals surface area (Å²) in [5.74, 6) is -1.43. The van der Waals surface area contributed by atoms with Gasteiger partial charge in [0.05, 0.1) is 25.5 Å². The number of rotatable bonds is 9. The normalized spacial score (nSPS) is 14.9. The summed E-state index contributed by atoms with van der Waals surface area (Å²) in [7, 11) is 3.03. The van der Waals surface area contributed by atoms with Gasteiger partial charge in [-0.15, -0.1) is 0 Å². The lowest BCUT2D eigenvalue weighted by Crippen LogP contribution is -2.42. The summed E-state index contributed by atoms with van der Waals surface area (Å²) in [6, 6.07) is 18.0. The van der Waals surface area contributed by atoms with E-state index in [2.05, 4.69) is 5.10 Å². The molecule has 0 fully saturated rings. The first-order chi connectivity index (χ1) is 17.9. The van der Waals surface area contributed by atoms with Gasteiger partial charge < -0.3 is 14.4 Å². The van der Waals surface area contributed by atoms with Gasteiger partial charge in [-0.25, -0.2) is 13.8 Å². The van der Waals surface area contributed by atoms with Crippen LogP contribution >= 0.6 is 0 Å². The number of carbonyl (C=O) groups excluding carboxylic acids is 2. The Bertz CT molecular complexity index is 1310. The standard InChI is InChI=1S/C28H27F2N3O4/c1-36-14-13-32(28(35)20-8-5-9-21(29)15-20)18-27(34)33-26(23-11-3-4-12-24(23)30)17-25(31-33)19-7-6-10-22(16-19)37-2/h3-12,15-16,26H,13-14,17-18H2,1-2H3. The molecule has 0 aliphatic carbocycles. The minimum Gasteiger partial charge on any atom is -0.497 e. The van der Waals surface area contributed by atoms with E-state index in [4.69, 9.17) is 9.47 Å². The first kappa shape index (κ1) is 26.0. The van der Waals surface area contributed by atoms with Gasteiger partial charge in [-0.3, -0.25) is 9.59 Å². The van der Waals surface area contributed by atoms with Crippen molar-refractivity contribution in [1.82, 2.24) is 9.91 Å². The van der Waals surface area contributed by atoms with Crippen molar-refractivity contribution in [1.29, 1.82) is 0 Å². The van der Waals surface area contributed by atoms with Gasteiger partial charge in [0.1, 0.15) is 23.9 Å². The molecule has 1 heterocycles. The van der Waals surface area contributed by atoms with Crippen LogP contribution in [0.25, 0.3) is 0 Å². The van der Waals surface area contributed by atoms with Crippen LogP contribution in [0.15, 0.2) is 77.9 Å². The second-order valence-electron chi connectivity index (χ2n) is 8.49. The molecule has 1 aliphatic heterocycles. The fraction of sp³-hybridized carbons (Fsp3) is 0.250. The number of hydrazone groups is 1. The summed E-state index contributed by atoms with van der Waals surface area (Å²) >= 11 is 0. The molecule has 0 bridgehead atoms. The summed E-state index contributed by atoms with van der Waals surface area (Å²) in [6.07, 6.45) is 0.274. The Morgan fingerprint density at radius 2 is 1.81 bits per heavy atom. The van der Waals surface area contributed by atoms with E-state index >= 15 is 0 Å². The minimum absolute atomic E-state index is 0.0995. The molecule has 4 rings (SSSR count). The van der Waals surface area contributed by atoms with Crippen LogP contribution in [0, 0.1) is 11.6 Å². The van der Waals surface area contributed by atoms with Crippen LogP contribution in [0.2, 0.25) is 0 Å². The predicted molar refractivity (Wildman–Crippen MR) is 134 cm³/mol. The molecule has 9 heteroatoms. The third-order valence-corrected chi connectivity index (χ3v) is 6.08. The van der Waals surface area contributed by atoms with E-state index in [0.717, 1.165) is 11.6 Å². The highest BCUT2D eigenvalue weighted by atomic mass is 19.1. The summed E-state index contributed by atoms with van der Waals surface area (Å²) in [4.78, 5) is 28.0. The van der Waals surface area contributed by atoms with Crippen LogP contribution in [0.3, 0.4) is 0 Å². The van der Waals surface area contributed by atoms with E-state index in [-0.39, 0.29) is 31.7 Å². The van der Waals surface area contributed by atoms with E-state index in [1.165, 1.54) is 41.3 Å². The molecular weight excluding hydrogens is 480 g/mol. The van der Waals surface area contributed by atoms with Crippen LogP contribution in [0.5, 0.6) is 5.75 Å². The summed E-state index contributed by atoms with van der Waals surface area (Å²) in [5.41, 5.74) is 1.75. The second kappa shape index (κ2) is 11.7. The lowest BCUT2D eigenvalue weighted by atomic mass is 9.98. The Kier molecular flexibility index (Phi) is 8.25. The Morgan fingerprint density at radius 1 is 1.03 bits per heavy atom. The molecule has 3 aromatic rings. The van der Waals surface area contributed by atoms with E-state index in [1.54, 1.807) is 37.4 Å². The number of ether oxygens (including phenoxy) is 2. The molecule has 37 heavy (non-hydrogen) atoms. The fourth-order valence-electron chi connectivity index (χ4n) is 4.20. The van der Waals surface area contributed by atoms with Crippen molar-refractivity contribution in [2.24, 2.45) is 5.10 Å². The molecule has 0 saturated carbocycles. The molecule has 192 valence electrons. The smallest absolute Gasteiger partial charge is 0.262 e. The molecule has 2 amide bonds.